The first-order valence-corrected chi connectivity index (χ1v) is 7.51. The summed E-state index contributed by atoms with van der Waals surface area (Å²) in [5, 5.41) is 23.3. The van der Waals surface area contributed by atoms with Gasteiger partial charge >= 0.3 is 0 Å². The molecule has 116 valence electrons. The first-order chi connectivity index (χ1) is 11.1. The van der Waals surface area contributed by atoms with E-state index in [4.69, 9.17) is 16.5 Å². The van der Waals surface area contributed by atoms with Gasteiger partial charge < -0.3 is 10.8 Å². The molecule has 0 fully saturated rings. The van der Waals surface area contributed by atoms with Crippen LogP contribution in [0.25, 0.3) is 0 Å². The Morgan fingerprint density at radius 1 is 1.43 bits per heavy atom. The van der Waals surface area contributed by atoms with Crippen LogP contribution in [0.1, 0.15) is 16.8 Å². The van der Waals surface area contributed by atoms with Crippen molar-refractivity contribution in [2.75, 3.05) is 5.75 Å². The van der Waals surface area contributed by atoms with E-state index in [1.807, 2.05) is 36.4 Å². The van der Waals surface area contributed by atoms with Gasteiger partial charge in [-0.15, -0.1) is 5.11 Å². The minimum atomic E-state index is -0.497. The van der Waals surface area contributed by atoms with E-state index in [0.717, 1.165) is 17.3 Å². The molecule has 0 spiro atoms. The molecule has 9 heteroatoms. The maximum absolute atomic E-state index is 12.0. The molecule has 0 unspecified atom stereocenters. The molecule has 23 heavy (non-hydrogen) atoms. The van der Waals surface area contributed by atoms with Gasteiger partial charge in [0.1, 0.15) is 11.6 Å². The summed E-state index contributed by atoms with van der Waals surface area (Å²) in [6, 6.07) is 11.3. The zero-order chi connectivity index (χ0) is 16.7. The molecule has 1 aromatic heterocycles. The Morgan fingerprint density at radius 2 is 2.17 bits per heavy atom. The van der Waals surface area contributed by atoms with Crippen LogP contribution in [0.2, 0.25) is 0 Å². The van der Waals surface area contributed by atoms with E-state index in [1.165, 1.54) is 0 Å². The van der Waals surface area contributed by atoms with E-state index in [-0.39, 0.29) is 17.2 Å². The van der Waals surface area contributed by atoms with Gasteiger partial charge in [-0.1, -0.05) is 47.3 Å². The molecule has 1 aromatic carbocycles. The lowest BCUT2D eigenvalue weighted by Gasteiger charge is -2.06. The number of aromatic nitrogens is 2. The van der Waals surface area contributed by atoms with Crippen molar-refractivity contribution in [3.05, 3.63) is 57.5 Å². The van der Waals surface area contributed by atoms with E-state index >= 15 is 0 Å². The molecule has 0 bridgehead atoms. The second-order valence-electron chi connectivity index (χ2n) is 4.42. The third kappa shape index (κ3) is 4.49. The molecule has 0 saturated heterocycles. The fourth-order valence-corrected chi connectivity index (χ4v) is 2.50. The van der Waals surface area contributed by atoms with Gasteiger partial charge in [0.25, 0.3) is 5.56 Å². The van der Waals surface area contributed by atoms with Gasteiger partial charge in [0, 0.05) is 6.42 Å². The molecule has 0 aliphatic rings. The molecule has 2 rings (SSSR count). The number of hydrogen-bond acceptors (Lipinski definition) is 6. The van der Waals surface area contributed by atoms with Crippen LogP contribution in [0.3, 0.4) is 0 Å². The number of thioether (sulfide) groups is 1. The van der Waals surface area contributed by atoms with E-state index in [2.05, 4.69) is 20.3 Å². The third-order valence-electron chi connectivity index (χ3n) is 2.82. The average molecular weight is 327 g/mol. The van der Waals surface area contributed by atoms with Crippen LogP contribution in [0, 0.1) is 16.7 Å². The summed E-state index contributed by atoms with van der Waals surface area (Å²) < 4.78 is 0. The van der Waals surface area contributed by atoms with Crippen LogP contribution in [0.4, 0.5) is 0 Å². The van der Waals surface area contributed by atoms with Crippen molar-refractivity contribution in [2.24, 2.45) is 16.2 Å². The monoisotopic (exact) mass is 327 g/mol. The number of benzene rings is 1. The summed E-state index contributed by atoms with van der Waals surface area (Å²) >= 11 is 1.12. The quantitative estimate of drug-likeness (QED) is 0.145. The number of rotatable bonds is 5. The van der Waals surface area contributed by atoms with Crippen molar-refractivity contribution < 1.29 is 0 Å². The first-order valence-electron chi connectivity index (χ1n) is 6.52. The highest BCUT2D eigenvalue weighted by Crippen LogP contribution is 2.15. The number of H-pyrrole nitrogens is 1. The summed E-state index contributed by atoms with van der Waals surface area (Å²) in [4.78, 5) is 18.8. The van der Waals surface area contributed by atoms with E-state index in [0.29, 0.717) is 17.3 Å². The number of aromatic amines is 1. The SMILES string of the molecule is N#Cc1c(Cc2ccccc2)nc(SCC(=N)N=NN)[nH]c1=O. The molecule has 0 amide bonds. The number of nitrogens with zero attached hydrogens (tertiary/aromatic N) is 4. The van der Waals surface area contributed by atoms with Crippen molar-refractivity contribution >= 4 is 17.6 Å². The van der Waals surface area contributed by atoms with Crippen molar-refractivity contribution in [2.45, 2.75) is 11.6 Å². The van der Waals surface area contributed by atoms with Gasteiger partial charge in [-0.2, -0.15) is 5.26 Å². The number of amidine groups is 1. The Balaban J connectivity index is 2.28. The average Bonchev–Trinajstić information content (AvgIpc) is 2.54. The molecule has 0 saturated carbocycles. The standard InChI is InChI=1S/C14H13N7OS/c15-7-10-11(6-9-4-2-1-3-5-9)18-14(19-13(10)22)23-8-12(16)20-21-17/h1-5H,6,8H2,(H3,16,17,20)(H,18,19,22). The highest BCUT2D eigenvalue weighted by Gasteiger charge is 2.12. The molecule has 0 aliphatic carbocycles. The van der Waals surface area contributed by atoms with Crippen molar-refractivity contribution in [3.8, 4) is 6.07 Å². The summed E-state index contributed by atoms with van der Waals surface area (Å²) in [5.74, 6) is 4.98. The topological polar surface area (TPSA) is 144 Å². The number of nitrogens with two attached hydrogens (primary N) is 1. The Labute approximate surface area is 136 Å². The van der Waals surface area contributed by atoms with Crippen LogP contribution >= 0.6 is 11.8 Å². The Hall–Kier alpha value is -2.99. The summed E-state index contributed by atoms with van der Waals surface area (Å²) in [6.07, 6.45) is 0.376. The van der Waals surface area contributed by atoms with Crippen LogP contribution in [-0.4, -0.2) is 21.6 Å². The third-order valence-corrected chi connectivity index (χ3v) is 3.71. The van der Waals surface area contributed by atoms with E-state index in [9.17, 15) is 4.79 Å². The predicted molar refractivity (Wildman–Crippen MR) is 86.3 cm³/mol. The second kappa shape index (κ2) is 7.86. The Kier molecular flexibility index (Phi) is 5.60. The van der Waals surface area contributed by atoms with Crippen molar-refractivity contribution in [1.82, 2.24) is 9.97 Å². The highest BCUT2D eigenvalue weighted by molar-refractivity contribution is 7.99. The molecular weight excluding hydrogens is 314 g/mol. The first kappa shape index (κ1) is 16.4. The normalized spacial score (nSPS) is 10.6. The molecule has 8 nitrogen and oxygen atoms in total. The van der Waals surface area contributed by atoms with Crippen LogP contribution in [0.15, 0.2) is 50.6 Å². The number of nitrogens with one attached hydrogen (secondary N) is 2. The highest BCUT2D eigenvalue weighted by atomic mass is 32.2. The Morgan fingerprint density at radius 3 is 2.83 bits per heavy atom. The molecule has 2 aromatic rings. The van der Waals surface area contributed by atoms with Crippen LogP contribution in [0.5, 0.6) is 0 Å². The predicted octanol–water partition coefficient (Wildman–Crippen LogP) is 1.63. The van der Waals surface area contributed by atoms with E-state index in [1.54, 1.807) is 0 Å². The smallest absolute Gasteiger partial charge is 0.269 e. The fraction of sp³-hybridized carbons (Fsp3) is 0.143. The van der Waals surface area contributed by atoms with Gasteiger partial charge in [-0.3, -0.25) is 10.2 Å². The molecule has 0 atom stereocenters. The second-order valence-corrected chi connectivity index (χ2v) is 5.38. The molecule has 1 heterocycles. The summed E-state index contributed by atoms with van der Waals surface area (Å²) in [7, 11) is 0. The largest absolute Gasteiger partial charge is 0.305 e. The summed E-state index contributed by atoms with van der Waals surface area (Å²) in [5.41, 5.74) is 0.845. The van der Waals surface area contributed by atoms with Gasteiger partial charge in [0.15, 0.2) is 11.0 Å². The lowest BCUT2D eigenvalue weighted by Crippen LogP contribution is -2.17. The van der Waals surface area contributed by atoms with Gasteiger partial charge in [0.2, 0.25) is 0 Å². The van der Waals surface area contributed by atoms with Crippen LogP contribution < -0.4 is 11.4 Å². The summed E-state index contributed by atoms with van der Waals surface area (Å²) in [6.45, 7) is 0. The van der Waals surface area contributed by atoms with Gasteiger partial charge in [0.05, 0.1) is 11.4 Å². The number of nitriles is 1. The maximum Gasteiger partial charge on any atom is 0.269 e. The zero-order valence-electron chi connectivity index (χ0n) is 12.0. The zero-order valence-corrected chi connectivity index (χ0v) is 12.8. The lowest BCUT2D eigenvalue weighted by molar-refractivity contribution is 0.872. The Bertz CT molecular complexity index is 823. The molecular formula is C14H13N7OS. The van der Waals surface area contributed by atoms with Gasteiger partial charge in [-0.05, 0) is 5.56 Å². The molecule has 0 aliphatic heterocycles. The minimum Gasteiger partial charge on any atom is -0.305 e. The fourth-order valence-electron chi connectivity index (χ4n) is 1.83. The number of hydrogen-bond donors (Lipinski definition) is 3. The van der Waals surface area contributed by atoms with E-state index < -0.39 is 5.56 Å². The minimum absolute atomic E-state index is 0.00470. The van der Waals surface area contributed by atoms with Crippen molar-refractivity contribution in [3.63, 3.8) is 0 Å². The molecule has 4 N–H and O–H groups in total. The maximum atomic E-state index is 12.0. The van der Waals surface area contributed by atoms with Crippen molar-refractivity contribution in [1.29, 1.82) is 10.7 Å². The van der Waals surface area contributed by atoms with Crippen LogP contribution in [-0.2, 0) is 6.42 Å². The van der Waals surface area contributed by atoms with Gasteiger partial charge in [-0.25, -0.2) is 4.98 Å². The lowest BCUT2D eigenvalue weighted by atomic mass is 10.1. The molecule has 0 radical (unpaired) electrons.